The van der Waals surface area contributed by atoms with E-state index in [0.717, 1.165) is 25.8 Å². The van der Waals surface area contributed by atoms with Gasteiger partial charge in [0.2, 0.25) is 5.91 Å². The molecule has 0 aliphatic rings. The molecule has 0 saturated heterocycles. The van der Waals surface area contributed by atoms with Crippen LogP contribution in [0.1, 0.15) is 40.0 Å². The molecule has 1 atom stereocenters. The lowest BCUT2D eigenvalue weighted by Crippen LogP contribution is -2.40. The van der Waals surface area contributed by atoms with Gasteiger partial charge in [-0.05, 0) is 31.2 Å². The van der Waals surface area contributed by atoms with Crippen LogP contribution in [0, 0.1) is 0 Å². The Labute approximate surface area is 144 Å². The van der Waals surface area contributed by atoms with E-state index >= 15 is 0 Å². The van der Waals surface area contributed by atoms with Gasteiger partial charge in [0, 0.05) is 12.6 Å². The van der Waals surface area contributed by atoms with E-state index in [4.69, 9.17) is 0 Å². The Morgan fingerprint density at radius 3 is 2.96 bits per heavy atom. The van der Waals surface area contributed by atoms with E-state index < -0.39 is 0 Å². The van der Waals surface area contributed by atoms with Crippen molar-refractivity contribution in [3.8, 4) is 0 Å². The topological polar surface area (TPSA) is 66.1 Å². The molecule has 5 nitrogen and oxygen atoms in total. The number of nitrogens with zero attached hydrogens (tertiary/aromatic N) is 2. The van der Waals surface area contributed by atoms with Gasteiger partial charge in [-0.2, -0.15) is 0 Å². The zero-order chi connectivity index (χ0) is 16.8. The summed E-state index contributed by atoms with van der Waals surface area (Å²) in [5.41, 5.74) is -0.143. The van der Waals surface area contributed by atoms with Crippen LogP contribution in [-0.4, -0.2) is 39.1 Å². The van der Waals surface area contributed by atoms with Gasteiger partial charge in [0.05, 0.1) is 11.1 Å². The molecule has 0 aromatic carbocycles. The Morgan fingerprint density at radius 1 is 1.48 bits per heavy atom. The number of nitrogens with one attached hydrogen (secondary N) is 1. The summed E-state index contributed by atoms with van der Waals surface area (Å²) in [5, 5.41) is 2.97. The van der Waals surface area contributed by atoms with Crippen LogP contribution in [0.25, 0.3) is 10.2 Å². The third kappa shape index (κ3) is 4.57. The van der Waals surface area contributed by atoms with E-state index in [1.807, 2.05) is 10.3 Å². The molecule has 0 unspecified atom stereocenters. The molecule has 0 aliphatic carbocycles. The summed E-state index contributed by atoms with van der Waals surface area (Å²) >= 11 is 2.74. The van der Waals surface area contributed by atoms with Gasteiger partial charge in [-0.3, -0.25) is 9.59 Å². The first-order valence-electron chi connectivity index (χ1n) is 7.96. The molecule has 1 N–H and O–H groups in total. The first-order valence-corrected chi connectivity index (χ1v) is 9.83. The predicted molar refractivity (Wildman–Crippen MR) is 97.3 cm³/mol. The van der Waals surface area contributed by atoms with Crippen molar-refractivity contribution in [1.82, 2.24) is 14.9 Å². The van der Waals surface area contributed by atoms with E-state index in [0.29, 0.717) is 21.1 Å². The van der Waals surface area contributed by atoms with Crippen molar-refractivity contribution in [3.63, 3.8) is 0 Å². The molecule has 0 aliphatic heterocycles. The Balaban J connectivity index is 2.04. The van der Waals surface area contributed by atoms with Crippen LogP contribution in [-0.2, 0) is 4.79 Å². The van der Waals surface area contributed by atoms with Crippen molar-refractivity contribution in [3.05, 3.63) is 21.8 Å². The molecule has 1 amide bonds. The van der Waals surface area contributed by atoms with Gasteiger partial charge >= 0.3 is 0 Å². The van der Waals surface area contributed by atoms with Crippen molar-refractivity contribution < 1.29 is 4.79 Å². The Morgan fingerprint density at radius 2 is 2.26 bits per heavy atom. The number of thiophene rings is 1. The Bertz CT molecular complexity index is 711. The van der Waals surface area contributed by atoms with Gasteiger partial charge in [0.25, 0.3) is 5.56 Å². The summed E-state index contributed by atoms with van der Waals surface area (Å²) in [6.07, 6.45) is 3.02. The van der Waals surface area contributed by atoms with Crippen LogP contribution >= 0.6 is 23.1 Å². The van der Waals surface area contributed by atoms with Crippen molar-refractivity contribution >= 4 is 39.2 Å². The summed E-state index contributed by atoms with van der Waals surface area (Å²) in [6, 6.07) is 2.00. The fourth-order valence-corrected chi connectivity index (χ4v) is 3.84. The van der Waals surface area contributed by atoms with Crippen LogP contribution in [0.15, 0.2) is 21.4 Å². The molecule has 0 spiro atoms. The molecule has 2 aromatic heterocycles. The van der Waals surface area contributed by atoms with Gasteiger partial charge < -0.3 is 9.88 Å². The second kappa shape index (κ2) is 8.49. The first-order chi connectivity index (χ1) is 11.1. The number of fused-ring (bicyclic) bond motifs is 1. The van der Waals surface area contributed by atoms with Crippen molar-refractivity contribution in [2.45, 2.75) is 51.2 Å². The largest absolute Gasteiger partial charge is 0.339 e. The SMILES string of the molecule is CCCCN(C(=O)CSc1nc2sccc2c(=O)[nH]1)[C@H](C)CC. The number of H-pyrrole nitrogens is 1. The van der Waals surface area contributed by atoms with Gasteiger partial charge in [0.1, 0.15) is 4.83 Å². The maximum atomic E-state index is 12.5. The summed E-state index contributed by atoms with van der Waals surface area (Å²) in [5.74, 6) is 0.403. The van der Waals surface area contributed by atoms with Crippen molar-refractivity contribution in [1.29, 1.82) is 0 Å². The zero-order valence-corrected chi connectivity index (χ0v) is 15.4. The van der Waals surface area contributed by atoms with Gasteiger partial charge in [0.15, 0.2) is 5.16 Å². The molecule has 7 heteroatoms. The average molecular weight is 354 g/mol. The number of amides is 1. The van der Waals surface area contributed by atoms with E-state index in [-0.39, 0.29) is 17.5 Å². The van der Waals surface area contributed by atoms with Crippen LogP contribution < -0.4 is 5.56 Å². The van der Waals surface area contributed by atoms with Crippen LogP contribution in [0.4, 0.5) is 0 Å². The number of hydrogen-bond acceptors (Lipinski definition) is 5. The van der Waals surface area contributed by atoms with E-state index in [1.54, 1.807) is 6.07 Å². The number of unbranched alkanes of at least 4 members (excludes halogenated alkanes) is 1. The molecule has 2 heterocycles. The van der Waals surface area contributed by atoms with Gasteiger partial charge in [-0.1, -0.05) is 32.0 Å². The van der Waals surface area contributed by atoms with E-state index in [9.17, 15) is 9.59 Å². The Hall–Kier alpha value is -1.34. The highest BCUT2D eigenvalue weighted by atomic mass is 32.2. The summed E-state index contributed by atoms with van der Waals surface area (Å²) in [6.45, 7) is 7.08. The number of carbonyl (C=O) groups excluding carboxylic acids is 1. The molecule has 0 radical (unpaired) electrons. The first kappa shape index (κ1) is 18.0. The molecular weight excluding hydrogens is 330 g/mol. The van der Waals surface area contributed by atoms with E-state index in [2.05, 4.69) is 30.7 Å². The minimum absolute atomic E-state index is 0.103. The summed E-state index contributed by atoms with van der Waals surface area (Å²) in [7, 11) is 0. The predicted octanol–water partition coefficient (Wildman–Crippen LogP) is 3.50. The zero-order valence-electron chi connectivity index (χ0n) is 13.8. The third-order valence-electron chi connectivity index (χ3n) is 3.84. The fraction of sp³-hybridized carbons (Fsp3) is 0.562. The number of carbonyl (C=O) groups is 1. The maximum Gasteiger partial charge on any atom is 0.260 e. The van der Waals surface area contributed by atoms with E-state index in [1.165, 1.54) is 23.1 Å². The van der Waals surface area contributed by atoms with Crippen LogP contribution in [0.5, 0.6) is 0 Å². The molecule has 0 bridgehead atoms. The lowest BCUT2D eigenvalue weighted by Gasteiger charge is -2.28. The number of aromatic amines is 1. The highest BCUT2D eigenvalue weighted by Crippen LogP contribution is 2.19. The average Bonchev–Trinajstić information content (AvgIpc) is 3.02. The minimum atomic E-state index is -0.143. The lowest BCUT2D eigenvalue weighted by atomic mass is 10.2. The number of aromatic nitrogens is 2. The summed E-state index contributed by atoms with van der Waals surface area (Å²) in [4.78, 5) is 34.3. The third-order valence-corrected chi connectivity index (χ3v) is 5.51. The second-order valence-corrected chi connectivity index (χ2v) is 7.36. The highest BCUT2D eigenvalue weighted by molar-refractivity contribution is 7.99. The molecule has 0 saturated carbocycles. The number of hydrogen-bond donors (Lipinski definition) is 1. The number of thioether (sulfide) groups is 1. The monoisotopic (exact) mass is 353 g/mol. The molecule has 2 aromatic rings. The molecule has 2 rings (SSSR count). The standard InChI is InChI=1S/C16H23N3O2S2/c1-4-6-8-19(11(3)5-2)13(20)10-23-16-17-14(21)12-7-9-22-15(12)18-16/h7,9,11H,4-6,8,10H2,1-3H3,(H,17,18,21)/t11-/m1/s1. The van der Waals surface area contributed by atoms with Crippen LogP contribution in [0.3, 0.4) is 0 Å². The number of rotatable bonds is 8. The second-order valence-electron chi connectivity index (χ2n) is 5.50. The van der Waals surface area contributed by atoms with Gasteiger partial charge in [-0.15, -0.1) is 11.3 Å². The quantitative estimate of drug-likeness (QED) is 0.583. The summed E-state index contributed by atoms with van der Waals surface area (Å²) < 4.78 is 0. The maximum absolute atomic E-state index is 12.5. The lowest BCUT2D eigenvalue weighted by molar-refractivity contribution is -0.130. The van der Waals surface area contributed by atoms with Crippen molar-refractivity contribution in [2.24, 2.45) is 0 Å². The smallest absolute Gasteiger partial charge is 0.260 e. The fourth-order valence-electron chi connectivity index (χ4n) is 2.27. The molecule has 126 valence electrons. The minimum Gasteiger partial charge on any atom is -0.339 e. The highest BCUT2D eigenvalue weighted by Gasteiger charge is 2.19. The normalized spacial score (nSPS) is 12.5. The van der Waals surface area contributed by atoms with Gasteiger partial charge in [-0.25, -0.2) is 4.98 Å². The van der Waals surface area contributed by atoms with Crippen molar-refractivity contribution in [2.75, 3.05) is 12.3 Å². The molecule has 0 fully saturated rings. The molecule has 23 heavy (non-hydrogen) atoms. The Kier molecular flexibility index (Phi) is 6.65. The molecular formula is C16H23N3O2S2. The van der Waals surface area contributed by atoms with Crippen LogP contribution in [0.2, 0.25) is 0 Å².